The highest BCUT2D eigenvalue weighted by Crippen LogP contribution is 2.33. The van der Waals surface area contributed by atoms with Crippen LogP contribution in [0.5, 0.6) is 0 Å². The minimum Gasteiger partial charge on any atom is -0.441 e. The molecular weight excluding hydrogens is 492 g/mol. The first kappa shape index (κ1) is 24.2. The molecule has 0 saturated heterocycles. The average Bonchev–Trinajstić information content (AvgIpc) is 3.20. The molecule has 1 unspecified atom stereocenters. The number of anilines is 2. The van der Waals surface area contributed by atoms with Crippen LogP contribution in [0.15, 0.2) is 82.5 Å². The van der Waals surface area contributed by atoms with Gasteiger partial charge in [-0.1, -0.05) is 41.0 Å². The van der Waals surface area contributed by atoms with Crippen molar-refractivity contribution >= 4 is 39.1 Å². The third-order valence-corrected chi connectivity index (χ3v) is 6.67. The van der Waals surface area contributed by atoms with Crippen molar-refractivity contribution in [2.45, 2.75) is 25.0 Å². The third kappa shape index (κ3) is 5.61. The van der Waals surface area contributed by atoms with Gasteiger partial charge in [-0.3, -0.25) is 10.0 Å². The van der Waals surface area contributed by atoms with Gasteiger partial charge in [-0.25, -0.2) is 9.78 Å². The summed E-state index contributed by atoms with van der Waals surface area (Å²) in [5, 5.41) is 7.01. The van der Waals surface area contributed by atoms with Crippen LogP contribution in [0, 0.1) is 6.92 Å². The number of hydrogen-bond donors (Lipinski definition) is 2. The van der Waals surface area contributed by atoms with Crippen LogP contribution in [0.2, 0.25) is 5.02 Å². The van der Waals surface area contributed by atoms with Gasteiger partial charge in [-0.15, -0.1) is 0 Å². The zero-order valence-electron chi connectivity index (χ0n) is 18.7. The number of benzene rings is 2. The standard InChI is InChI=1S/C24H21ClN4O5S/c1-15-22(27-24(30)33-16(2)19-7-3-4-8-20(19)25)23(34-28-15)17-10-12-18(13-11-17)29-35(31,32)21-9-5-6-14-26-21/h3-14,16,29H,1-2H3,(H,27,30). The fourth-order valence-corrected chi connectivity index (χ4v) is 4.58. The third-order valence-electron chi connectivity index (χ3n) is 5.03. The van der Waals surface area contributed by atoms with Gasteiger partial charge < -0.3 is 9.26 Å². The SMILES string of the molecule is Cc1noc(-c2ccc(NS(=O)(=O)c3ccccn3)cc2)c1NC(=O)OC(C)c1ccccc1Cl. The van der Waals surface area contributed by atoms with E-state index in [-0.39, 0.29) is 5.03 Å². The number of pyridine rings is 1. The predicted molar refractivity (Wildman–Crippen MR) is 132 cm³/mol. The molecule has 35 heavy (non-hydrogen) atoms. The van der Waals surface area contributed by atoms with Crippen LogP contribution in [0.1, 0.15) is 24.3 Å². The van der Waals surface area contributed by atoms with E-state index in [2.05, 4.69) is 20.2 Å². The maximum Gasteiger partial charge on any atom is 0.412 e. The second kappa shape index (κ2) is 10.2. The fraction of sp³-hybridized carbons (Fsp3) is 0.125. The van der Waals surface area contributed by atoms with Crippen molar-refractivity contribution in [1.29, 1.82) is 0 Å². The maximum atomic E-state index is 12.6. The lowest BCUT2D eigenvalue weighted by atomic mass is 10.1. The Bertz CT molecular complexity index is 1440. The monoisotopic (exact) mass is 512 g/mol. The number of nitrogens with one attached hydrogen (secondary N) is 2. The smallest absolute Gasteiger partial charge is 0.412 e. The molecule has 11 heteroatoms. The number of sulfonamides is 1. The summed E-state index contributed by atoms with van der Waals surface area (Å²) in [6.07, 6.45) is 0.113. The first-order valence-electron chi connectivity index (χ1n) is 10.5. The van der Waals surface area contributed by atoms with Crippen LogP contribution >= 0.6 is 11.6 Å². The molecule has 0 aliphatic rings. The lowest BCUT2D eigenvalue weighted by Gasteiger charge is -2.15. The molecule has 1 amide bonds. The first-order chi connectivity index (χ1) is 16.7. The van der Waals surface area contributed by atoms with Crippen molar-refractivity contribution in [1.82, 2.24) is 10.1 Å². The molecule has 0 spiro atoms. The fourth-order valence-electron chi connectivity index (χ4n) is 3.28. The van der Waals surface area contributed by atoms with Gasteiger partial charge >= 0.3 is 6.09 Å². The summed E-state index contributed by atoms with van der Waals surface area (Å²) >= 11 is 6.18. The number of hydrogen-bond acceptors (Lipinski definition) is 7. The van der Waals surface area contributed by atoms with Gasteiger partial charge in [0.05, 0.1) is 0 Å². The number of carbonyl (C=O) groups is 1. The summed E-state index contributed by atoms with van der Waals surface area (Å²) in [4.78, 5) is 16.4. The van der Waals surface area contributed by atoms with Gasteiger partial charge in [0.25, 0.3) is 10.0 Å². The molecule has 0 radical (unpaired) electrons. The molecule has 1 atom stereocenters. The van der Waals surface area contributed by atoms with Crippen molar-refractivity contribution in [2.75, 3.05) is 10.0 Å². The molecule has 4 rings (SSSR count). The zero-order valence-corrected chi connectivity index (χ0v) is 20.3. The van der Waals surface area contributed by atoms with Crippen molar-refractivity contribution in [3.05, 3.63) is 89.2 Å². The molecule has 2 aromatic heterocycles. The lowest BCUT2D eigenvalue weighted by Crippen LogP contribution is -2.17. The number of amides is 1. The average molecular weight is 513 g/mol. The summed E-state index contributed by atoms with van der Waals surface area (Å²) < 4.78 is 38.3. The largest absolute Gasteiger partial charge is 0.441 e. The molecule has 9 nitrogen and oxygen atoms in total. The number of nitrogens with zero attached hydrogens (tertiary/aromatic N) is 2. The number of carbonyl (C=O) groups excluding carboxylic acids is 1. The van der Waals surface area contributed by atoms with E-state index in [1.807, 2.05) is 0 Å². The summed E-state index contributed by atoms with van der Waals surface area (Å²) in [7, 11) is -3.83. The number of ether oxygens (including phenoxy) is 1. The van der Waals surface area contributed by atoms with Crippen LogP contribution in [-0.2, 0) is 14.8 Å². The molecule has 0 saturated carbocycles. The highest BCUT2D eigenvalue weighted by atomic mass is 35.5. The van der Waals surface area contributed by atoms with Crippen LogP contribution in [0.4, 0.5) is 16.2 Å². The minimum atomic E-state index is -3.83. The second-order valence-corrected chi connectivity index (χ2v) is 9.55. The van der Waals surface area contributed by atoms with Crippen LogP contribution in [-0.4, -0.2) is 24.7 Å². The minimum absolute atomic E-state index is 0.0917. The zero-order chi connectivity index (χ0) is 25.0. The normalized spacial score (nSPS) is 12.1. The van der Waals surface area contributed by atoms with E-state index in [0.717, 1.165) is 0 Å². The second-order valence-electron chi connectivity index (χ2n) is 7.52. The van der Waals surface area contributed by atoms with Crippen molar-refractivity contribution in [3.8, 4) is 11.3 Å². The highest BCUT2D eigenvalue weighted by Gasteiger charge is 2.21. The van der Waals surface area contributed by atoms with E-state index in [1.54, 1.807) is 74.5 Å². The number of aromatic nitrogens is 2. The highest BCUT2D eigenvalue weighted by molar-refractivity contribution is 7.92. The Morgan fingerprint density at radius 1 is 1.06 bits per heavy atom. The lowest BCUT2D eigenvalue weighted by molar-refractivity contribution is 0.121. The van der Waals surface area contributed by atoms with Gasteiger partial charge in [0.15, 0.2) is 10.8 Å². The molecule has 180 valence electrons. The molecule has 0 fully saturated rings. The topological polar surface area (TPSA) is 123 Å². The van der Waals surface area contributed by atoms with Crippen molar-refractivity contribution in [2.24, 2.45) is 0 Å². The Kier molecular flexibility index (Phi) is 7.04. The summed E-state index contributed by atoms with van der Waals surface area (Å²) in [5.41, 5.74) is 2.36. The first-order valence-corrected chi connectivity index (χ1v) is 12.3. The summed E-state index contributed by atoms with van der Waals surface area (Å²) in [5.74, 6) is 0.295. The molecule has 0 aliphatic carbocycles. The van der Waals surface area contributed by atoms with Gasteiger partial charge in [-0.2, -0.15) is 8.42 Å². The van der Waals surface area contributed by atoms with Crippen LogP contribution < -0.4 is 10.0 Å². The summed E-state index contributed by atoms with van der Waals surface area (Å²) in [6, 6.07) is 18.1. The Labute approximate surface area is 207 Å². The van der Waals surface area contributed by atoms with Crippen LogP contribution in [0.3, 0.4) is 0 Å². The van der Waals surface area contributed by atoms with E-state index in [4.69, 9.17) is 20.9 Å². The van der Waals surface area contributed by atoms with E-state index in [0.29, 0.717) is 39.0 Å². The Morgan fingerprint density at radius 2 is 1.77 bits per heavy atom. The molecule has 0 bridgehead atoms. The van der Waals surface area contributed by atoms with E-state index in [1.165, 1.54) is 12.3 Å². The summed E-state index contributed by atoms with van der Waals surface area (Å²) in [6.45, 7) is 3.39. The van der Waals surface area contributed by atoms with Gasteiger partial charge in [-0.05, 0) is 56.3 Å². The molecule has 0 aliphatic heterocycles. The Morgan fingerprint density at radius 3 is 2.46 bits per heavy atom. The molecule has 2 N–H and O–H groups in total. The number of halogens is 1. The van der Waals surface area contributed by atoms with Gasteiger partial charge in [0.1, 0.15) is 17.5 Å². The maximum absolute atomic E-state index is 12.6. The van der Waals surface area contributed by atoms with E-state index in [9.17, 15) is 13.2 Å². The van der Waals surface area contributed by atoms with E-state index >= 15 is 0 Å². The van der Waals surface area contributed by atoms with Gasteiger partial charge in [0.2, 0.25) is 0 Å². The Balaban J connectivity index is 1.48. The molecule has 2 heterocycles. The number of aryl methyl sites for hydroxylation is 1. The molecule has 4 aromatic rings. The molecule has 2 aromatic carbocycles. The van der Waals surface area contributed by atoms with E-state index < -0.39 is 22.2 Å². The van der Waals surface area contributed by atoms with Crippen LogP contribution in [0.25, 0.3) is 11.3 Å². The number of rotatable bonds is 7. The van der Waals surface area contributed by atoms with Gasteiger partial charge in [0, 0.05) is 28.0 Å². The quantitative estimate of drug-likeness (QED) is 0.320. The Hall–Kier alpha value is -3.89. The molecular formula is C24H21ClN4O5S. The predicted octanol–water partition coefficient (Wildman–Crippen LogP) is 5.81. The van der Waals surface area contributed by atoms with Crippen molar-refractivity contribution < 1.29 is 22.5 Å². The van der Waals surface area contributed by atoms with Crippen molar-refractivity contribution in [3.63, 3.8) is 0 Å².